The fraction of sp³-hybridized carbons (Fsp3) is 0.692. The van der Waals surface area contributed by atoms with Crippen molar-refractivity contribution in [2.45, 2.75) is 27.2 Å². The Kier molecular flexibility index (Phi) is 6.95. The Bertz CT molecular complexity index is 372. The number of rotatable bonds is 9. The van der Waals surface area contributed by atoms with Gasteiger partial charge in [-0.25, -0.2) is 0 Å². The molecule has 0 spiro atoms. The quantitative estimate of drug-likeness (QED) is 0.664. The average molecular weight is 267 g/mol. The zero-order chi connectivity index (χ0) is 14.1. The third-order valence-electron chi connectivity index (χ3n) is 2.70. The van der Waals surface area contributed by atoms with Gasteiger partial charge in [0.15, 0.2) is 0 Å². The van der Waals surface area contributed by atoms with Gasteiger partial charge in [0.25, 0.3) is 0 Å². The SMILES string of the molecule is CCCNc1cc(N(CC)CCOCC)nc(N)n1. The molecule has 0 aliphatic rings. The van der Waals surface area contributed by atoms with Crippen LogP contribution in [0.5, 0.6) is 0 Å². The maximum atomic E-state index is 5.76. The Balaban J connectivity index is 2.75. The van der Waals surface area contributed by atoms with E-state index in [1.165, 1.54) is 0 Å². The molecule has 0 atom stereocenters. The predicted molar refractivity (Wildman–Crippen MR) is 79.6 cm³/mol. The maximum absolute atomic E-state index is 5.76. The number of hydrogen-bond acceptors (Lipinski definition) is 6. The molecular formula is C13H25N5O. The highest BCUT2D eigenvalue weighted by atomic mass is 16.5. The monoisotopic (exact) mass is 267 g/mol. The number of nitrogens with zero attached hydrogens (tertiary/aromatic N) is 3. The molecular weight excluding hydrogens is 242 g/mol. The van der Waals surface area contributed by atoms with Crippen LogP contribution in [-0.2, 0) is 4.74 Å². The van der Waals surface area contributed by atoms with E-state index in [0.717, 1.165) is 44.3 Å². The van der Waals surface area contributed by atoms with Crippen molar-refractivity contribution in [1.82, 2.24) is 9.97 Å². The summed E-state index contributed by atoms with van der Waals surface area (Å²) in [4.78, 5) is 10.6. The highest BCUT2D eigenvalue weighted by Crippen LogP contribution is 2.16. The summed E-state index contributed by atoms with van der Waals surface area (Å²) in [5.41, 5.74) is 5.76. The first-order chi connectivity index (χ1) is 9.21. The molecule has 1 heterocycles. The lowest BCUT2D eigenvalue weighted by Crippen LogP contribution is -2.28. The zero-order valence-electron chi connectivity index (χ0n) is 12.1. The third-order valence-corrected chi connectivity index (χ3v) is 2.70. The van der Waals surface area contributed by atoms with Crippen LogP contribution in [0.2, 0.25) is 0 Å². The van der Waals surface area contributed by atoms with E-state index in [1.54, 1.807) is 0 Å². The van der Waals surface area contributed by atoms with E-state index >= 15 is 0 Å². The number of hydrogen-bond donors (Lipinski definition) is 2. The van der Waals surface area contributed by atoms with Crippen molar-refractivity contribution in [3.05, 3.63) is 6.07 Å². The first-order valence-corrected chi connectivity index (χ1v) is 6.92. The molecule has 0 bridgehead atoms. The van der Waals surface area contributed by atoms with Gasteiger partial charge in [-0.15, -0.1) is 0 Å². The van der Waals surface area contributed by atoms with Gasteiger partial charge in [0.1, 0.15) is 11.6 Å². The first-order valence-electron chi connectivity index (χ1n) is 6.92. The number of nitrogens with one attached hydrogen (secondary N) is 1. The van der Waals surface area contributed by atoms with Gasteiger partial charge in [-0.3, -0.25) is 0 Å². The molecule has 1 rings (SSSR count). The molecule has 1 aromatic heterocycles. The number of aromatic nitrogens is 2. The molecule has 3 N–H and O–H groups in total. The molecule has 0 fully saturated rings. The standard InChI is InChI=1S/C13H25N5O/c1-4-7-15-11-10-12(17-13(14)16-11)18(5-2)8-9-19-6-3/h10H,4-9H2,1-3H3,(H3,14,15,16,17). The molecule has 0 aliphatic carbocycles. The molecule has 19 heavy (non-hydrogen) atoms. The van der Waals surface area contributed by atoms with Gasteiger partial charge in [0, 0.05) is 32.3 Å². The van der Waals surface area contributed by atoms with Crippen LogP contribution in [0.4, 0.5) is 17.6 Å². The molecule has 108 valence electrons. The van der Waals surface area contributed by atoms with Crippen LogP contribution in [0.1, 0.15) is 27.2 Å². The fourth-order valence-electron chi connectivity index (χ4n) is 1.71. The van der Waals surface area contributed by atoms with E-state index < -0.39 is 0 Å². The summed E-state index contributed by atoms with van der Waals surface area (Å²) in [5, 5.41) is 3.23. The molecule has 6 heteroatoms. The summed E-state index contributed by atoms with van der Waals surface area (Å²) in [6, 6.07) is 1.93. The van der Waals surface area contributed by atoms with Crippen LogP contribution >= 0.6 is 0 Å². The van der Waals surface area contributed by atoms with Gasteiger partial charge in [-0.2, -0.15) is 9.97 Å². The van der Waals surface area contributed by atoms with Crippen molar-refractivity contribution in [3.63, 3.8) is 0 Å². The van der Waals surface area contributed by atoms with Crippen LogP contribution < -0.4 is 16.0 Å². The number of likely N-dealkylation sites (N-methyl/N-ethyl adjacent to an activating group) is 1. The van der Waals surface area contributed by atoms with Crippen molar-refractivity contribution < 1.29 is 4.74 Å². The number of nitrogens with two attached hydrogens (primary N) is 1. The van der Waals surface area contributed by atoms with Crippen LogP contribution in [0.15, 0.2) is 6.07 Å². The van der Waals surface area contributed by atoms with E-state index in [-0.39, 0.29) is 0 Å². The highest BCUT2D eigenvalue weighted by Gasteiger charge is 2.09. The van der Waals surface area contributed by atoms with Crippen LogP contribution in [0.25, 0.3) is 0 Å². The fourth-order valence-corrected chi connectivity index (χ4v) is 1.71. The lowest BCUT2D eigenvalue weighted by molar-refractivity contribution is 0.154. The number of nitrogen functional groups attached to an aromatic ring is 1. The lowest BCUT2D eigenvalue weighted by atomic mass is 10.4. The molecule has 0 aromatic carbocycles. The van der Waals surface area contributed by atoms with Gasteiger partial charge in [-0.1, -0.05) is 6.92 Å². The van der Waals surface area contributed by atoms with Gasteiger partial charge >= 0.3 is 0 Å². The molecule has 0 radical (unpaired) electrons. The lowest BCUT2D eigenvalue weighted by Gasteiger charge is -2.22. The van der Waals surface area contributed by atoms with E-state index in [4.69, 9.17) is 10.5 Å². The summed E-state index contributed by atoms with van der Waals surface area (Å²) in [5.74, 6) is 1.92. The Morgan fingerprint density at radius 1 is 1.32 bits per heavy atom. The van der Waals surface area contributed by atoms with Gasteiger partial charge in [0.2, 0.25) is 5.95 Å². The molecule has 0 aliphatic heterocycles. The zero-order valence-corrected chi connectivity index (χ0v) is 12.1. The second-order valence-corrected chi connectivity index (χ2v) is 4.17. The van der Waals surface area contributed by atoms with Gasteiger partial charge in [-0.05, 0) is 20.3 Å². The summed E-state index contributed by atoms with van der Waals surface area (Å²) in [7, 11) is 0. The van der Waals surface area contributed by atoms with E-state index in [2.05, 4.69) is 34.0 Å². The second-order valence-electron chi connectivity index (χ2n) is 4.17. The van der Waals surface area contributed by atoms with Gasteiger partial charge < -0.3 is 20.7 Å². The van der Waals surface area contributed by atoms with Crippen molar-refractivity contribution in [2.75, 3.05) is 48.8 Å². The molecule has 6 nitrogen and oxygen atoms in total. The third kappa shape index (κ3) is 5.30. The summed E-state index contributed by atoms with van der Waals surface area (Å²) in [6.07, 6.45) is 1.04. The minimum absolute atomic E-state index is 0.297. The summed E-state index contributed by atoms with van der Waals surface area (Å²) < 4.78 is 5.38. The van der Waals surface area contributed by atoms with E-state index in [0.29, 0.717) is 12.6 Å². The molecule has 0 saturated carbocycles. The second kappa shape index (κ2) is 8.53. The van der Waals surface area contributed by atoms with E-state index in [1.807, 2.05) is 13.0 Å². The van der Waals surface area contributed by atoms with Crippen LogP contribution in [0, 0.1) is 0 Å². The number of anilines is 3. The Morgan fingerprint density at radius 3 is 2.74 bits per heavy atom. The average Bonchev–Trinajstić information content (AvgIpc) is 2.41. The molecule has 0 unspecified atom stereocenters. The number of ether oxygens (including phenoxy) is 1. The Morgan fingerprint density at radius 2 is 2.11 bits per heavy atom. The normalized spacial score (nSPS) is 10.5. The Labute approximate surface area is 115 Å². The van der Waals surface area contributed by atoms with Crippen molar-refractivity contribution in [2.24, 2.45) is 0 Å². The largest absolute Gasteiger partial charge is 0.380 e. The summed E-state index contributed by atoms with van der Waals surface area (Å²) >= 11 is 0. The smallest absolute Gasteiger partial charge is 0.223 e. The minimum Gasteiger partial charge on any atom is -0.380 e. The van der Waals surface area contributed by atoms with Crippen LogP contribution in [0.3, 0.4) is 0 Å². The molecule has 0 amide bonds. The van der Waals surface area contributed by atoms with E-state index in [9.17, 15) is 0 Å². The molecule has 1 aromatic rings. The predicted octanol–water partition coefficient (Wildman–Crippen LogP) is 1.74. The Hall–Kier alpha value is -1.56. The first kappa shape index (κ1) is 15.5. The van der Waals surface area contributed by atoms with Gasteiger partial charge in [0.05, 0.1) is 6.61 Å². The van der Waals surface area contributed by atoms with Crippen LogP contribution in [-0.4, -0.2) is 42.8 Å². The maximum Gasteiger partial charge on any atom is 0.223 e. The highest BCUT2D eigenvalue weighted by molar-refractivity contribution is 5.52. The van der Waals surface area contributed by atoms with Crippen molar-refractivity contribution in [1.29, 1.82) is 0 Å². The minimum atomic E-state index is 0.297. The topological polar surface area (TPSA) is 76.3 Å². The molecule has 0 saturated heterocycles. The van der Waals surface area contributed by atoms with Crippen molar-refractivity contribution >= 4 is 17.6 Å². The summed E-state index contributed by atoms with van der Waals surface area (Å²) in [6.45, 7) is 10.1. The van der Waals surface area contributed by atoms with Crippen molar-refractivity contribution in [3.8, 4) is 0 Å².